The van der Waals surface area contributed by atoms with Crippen LogP contribution in [-0.2, 0) is 28.6 Å². The van der Waals surface area contributed by atoms with E-state index in [4.69, 9.17) is 14.2 Å². The van der Waals surface area contributed by atoms with Gasteiger partial charge < -0.3 is 19.3 Å². The topological polar surface area (TPSA) is 99.1 Å². The van der Waals surface area contributed by atoms with Crippen LogP contribution >= 0.6 is 0 Å². The van der Waals surface area contributed by atoms with Crippen LogP contribution in [-0.4, -0.2) is 47.4 Å². The van der Waals surface area contributed by atoms with Gasteiger partial charge in [-0.1, -0.05) is 6.08 Å². The molecule has 0 radical (unpaired) electrons. The minimum Gasteiger partial charge on any atom is -0.455 e. The van der Waals surface area contributed by atoms with E-state index in [0.29, 0.717) is 0 Å². The Balaban J connectivity index is 2.97. The molecule has 0 aromatic heterocycles. The van der Waals surface area contributed by atoms with E-state index < -0.39 is 42.3 Å². The molecule has 1 N–H and O–H groups in total. The predicted molar refractivity (Wildman–Crippen MR) is 61.8 cm³/mol. The van der Waals surface area contributed by atoms with Gasteiger partial charge in [-0.2, -0.15) is 0 Å². The SMILES string of the molecule is CC(=O)O[C@@H]1[C@@H](OC(C)=O)[C@H](OC(C)=O)C=C[C@H]1O. The lowest BCUT2D eigenvalue weighted by Gasteiger charge is -2.35. The average Bonchev–Trinajstić information content (AvgIpc) is 2.25. The molecule has 1 aliphatic carbocycles. The maximum Gasteiger partial charge on any atom is 0.303 e. The fourth-order valence-electron chi connectivity index (χ4n) is 1.78. The third-order valence-electron chi connectivity index (χ3n) is 2.39. The largest absolute Gasteiger partial charge is 0.455 e. The summed E-state index contributed by atoms with van der Waals surface area (Å²) in [7, 11) is 0. The van der Waals surface area contributed by atoms with Crippen molar-refractivity contribution in [3.05, 3.63) is 12.2 Å². The zero-order valence-electron chi connectivity index (χ0n) is 10.9. The summed E-state index contributed by atoms with van der Waals surface area (Å²) in [6.07, 6.45) is -1.53. The highest BCUT2D eigenvalue weighted by atomic mass is 16.6. The van der Waals surface area contributed by atoms with Crippen LogP contribution < -0.4 is 0 Å². The molecule has 1 aliphatic rings. The standard InChI is InChI=1S/C12H16O7/c1-6(13)17-10-5-4-9(16)11(18-7(2)14)12(10)19-8(3)15/h4-5,9-12,16H,1-3H3/t9-,10-,11+,12+/m1/s1. The molecule has 106 valence electrons. The van der Waals surface area contributed by atoms with Crippen molar-refractivity contribution in [3.8, 4) is 0 Å². The lowest BCUT2D eigenvalue weighted by molar-refractivity contribution is -0.188. The molecular formula is C12H16O7. The molecule has 7 heteroatoms. The number of ether oxygens (including phenoxy) is 3. The third-order valence-corrected chi connectivity index (χ3v) is 2.39. The van der Waals surface area contributed by atoms with Gasteiger partial charge in [0.25, 0.3) is 0 Å². The van der Waals surface area contributed by atoms with Gasteiger partial charge in [0.2, 0.25) is 0 Å². The molecule has 0 aromatic carbocycles. The Kier molecular flexibility index (Phi) is 5.05. The average molecular weight is 272 g/mol. The van der Waals surface area contributed by atoms with E-state index in [-0.39, 0.29) is 0 Å². The summed E-state index contributed by atoms with van der Waals surface area (Å²) < 4.78 is 14.9. The summed E-state index contributed by atoms with van der Waals surface area (Å²) in [5.74, 6) is -1.86. The van der Waals surface area contributed by atoms with Crippen molar-refractivity contribution in [1.29, 1.82) is 0 Å². The van der Waals surface area contributed by atoms with Crippen molar-refractivity contribution < 1.29 is 33.7 Å². The molecule has 7 nitrogen and oxygen atoms in total. The molecule has 19 heavy (non-hydrogen) atoms. The highest BCUT2D eigenvalue weighted by Gasteiger charge is 2.42. The first-order valence-electron chi connectivity index (χ1n) is 5.69. The monoisotopic (exact) mass is 272 g/mol. The smallest absolute Gasteiger partial charge is 0.303 e. The first-order valence-corrected chi connectivity index (χ1v) is 5.69. The van der Waals surface area contributed by atoms with E-state index in [0.717, 1.165) is 6.92 Å². The van der Waals surface area contributed by atoms with E-state index >= 15 is 0 Å². The molecule has 0 unspecified atom stereocenters. The molecule has 4 atom stereocenters. The molecular weight excluding hydrogens is 256 g/mol. The van der Waals surface area contributed by atoms with Gasteiger partial charge in [0, 0.05) is 20.8 Å². The summed E-state index contributed by atoms with van der Waals surface area (Å²) >= 11 is 0. The quantitative estimate of drug-likeness (QED) is 0.428. The molecule has 0 aliphatic heterocycles. The van der Waals surface area contributed by atoms with E-state index in [9.17, 15) is 19.5 Å². The highest BCUT2D eigenvalue weighted by Crippen LogP contribution is 2.23. The molecule has 0 fully saturated rings. The zero-order chi connectivity index (χ0) is 14.6. The van der Waals surface area contributed by atoms with Crippen LogP contribution in [0.15, 0.2) is 12.2 Å². The van der Waals surface area contributed by atoms with Crippen molar-refractivity contribution in [1.82, 2.24) is 0 Å². The molecule has 0 saturated carbocycles. The van der Waals surface area contributed by atoms with Gasteiger partial charge in [-0.15, -0.1) is 0 Å². The molecule has 0 aromatic rings. The van der Waals surface area contributed by atoms with Crippen LogP contribution in [0, 0.1) is 0 Å². The van der Waals surface area contributed by atoms with E-state index in [1.165, 1.54) is 26.0 Å². The number of hydrogen-bond acceptors (Lipinski definition) is 7. The number of rotatable bonds is 3. The lowest BCUT2D eigenvalue weighted by atomic mass is 9.95. The van der Waals surface area contributed by atoms with Gasteiger partial charge in [-0.25, -0.2) is 0 Å². The van der Waals surface area contributed by atoms with Crippen molar-refractivity contribution in [2.24, 2.45) is 0 Å². The number of esters is 3. The second kappa shape index (κ2) is 6.33. The van der Waals surface area contributed by atoms with Crippen LogP contribution in [0.4, 0.5) is 0 Å². The maximum atomic E-state index is 11.1. The van der Waals surface area contributed by atoms with Crippen LogP contribution in [0.3, 0.4) is 0 Å². The molecule has 0 amide bonds. The van der Waals surface area contributed by atoms with Gasteiger partial charge >= 0.3 is 17.9 Å². The molecule has 1 rings (SSSR count). The lowest BCUT2D eigenvalue weighted by Crippen LogP contribution is -2.51. The minimum atomic E-state index is -1.14. The van der Waals surface area contributed by atoms with Crippen LogP contribution in [0.5, 0.6) is 0 Å². The molecule has 0 saturated heterocycles. The second-order valence-corrected chi connectivity index (χ2v) is 4.10. The Morgan fingerprint density at radius 1 is 0.842 bits per heavy atom. The Bertz CT molecular complexity index is 401. The van der Waals surface area contributed by atoms with Gasteiger partial charge in [-0.3, -0.25) is 14.4 Å². The Morgan fingerprint density at radius 3 is 1.79 bits per heavy atom. The fourth-order valence-corrected chi connectivity index (χ4v) is 1.78. The molecule has 0 heterocycles. The fraction of sp³-hybridized carbons (Fsp3) is 0.583. The van der Waals surface area contributed by atoms with Crippen molar-refractivity contribution in [2.75, 3.05) is 0 Å². The first-order chi connectivity index (χ1) is 8.81. The van der Waals surface area contributed by atoms with Gasteiger partial charge in [0.15, 0.2) is 18.3 Å². The van der Waals surface area contributed by atoms with E-state index in [2.05, 4.69) is 0 Å². The van der Waals surface area contributed by atoms with E-state index in [1.54, 1.807) is 0 Å². The van der Waals surface area contributed by atoms with Crippen LogP contribution in [0.1, 0.15) is 20.8 Å². The highest BCUT2D eigenvalue weighted by molar-refractivity contribution is 5.68. The van der Waals surface area contributed by atoms with Gasteiger partial charge in [-0.05, 0) is 6.08 Å². The Hall–Kier alpha value is -1.89. The van der Waals surface area contributed by atoms with Gasteiger partial charge in [0.05, 0.1) is 0 Å². The number of aliphatic hydroxyl groups excluding tert-OH is 1. The normalized spacial score (nSPS) is 29.5. The summed E-state index contributed by atoms with van der Waals surface area (Å²) in [4.78, 5) is 33.1. The summed E-state index contributed by atoms with van der Waals surface area (Å²) in [6.45, 7) is 3.53. The number of aliphatic hydroxyl groups is 1. The van der Waals surface area contributed by atoms with Crippen molar-refractivity contribution >= 4 is 17.9 Å². The summed E-state index contributed by atoms with van der Waals surface area (Å²) in [6, 6.07) is 0. The number of carbonyl (C=O) groups excluding carboxylic acids is 3. The van der Waals surface area contributed by atoms with E-state index in [1.807, 2.05) is 0 Å². The maximum absolute atomic E-state index is 11.1. The van der Waals surface area contributed by atoms with Gasteiger partial charge in [0.1, 0.15) is 6.10 Å². The zero-order valence-corrected chi connectivity index (χ0v) is 10.9. The third kappa shape index (κ3) is 4.36. The second-order valence-electron chi connectivity index (χ2n) is 4.10. The molecule has 0 spiro atoms. The van der Waals surface area contributed by atoms with Crippen LogP contribution in [0.25, 0.3) is 0 Å². The van der Waals surface area contributed by atoms with Crippen molar-refractivity contribution in [3.63, 3.8) is 0 Å². The Labute approximate surface area is 110 Å². The Morgan fingerprint density at radius 2 is 1.32 bits per heavy atom. The first kappa shape index (κ1) is 15.2. The van der Waals surface area contributed by atoms with Crippen molar-refractivity contribution in [2.45, 2.75) is 45.2 Å². The van der Waals surface area contributed by atoms with Crippen LogP contribution in [0.2, 0.25) is 0 Å². The number of carbonyl (C=O) groups is 3. The molecule has 0 bridgehead atoms. The summed E-state index contributed by atoms with van der Waals surface area (Å²) in [5.41, 5.74) is 0. The minimum absolute atomic E-state index is 0.579. The summed E-state index contributed by atoms with van der Waals surface area (Å²) in [5, 5.41) is 9.76. The number of hydrogen-bond donors (Lipinski definition) is 1. The predicted octanol–water partition coefficient (Wildman–Crippen LogP) is -0.288.